The summed E-state index contributed by atoms with van der Waals surface area (Å²) in [6.07, 6.45) is 0.349. The van der Waals surface area contributed by atoms with Gasteiger partial charge in [0.2, 0.25) is 12.0 Å². The molecule has 12 nitrogen and oxygen atoms in total. The number of aliphatic hydroxyl groups is 1. The highest BCUT2D eigenvalue weighted by Crippen LogP contribution is 2.26. The molecule has 7 atom stereocenters. The highest BCUT2D eigenvalue weighted by atomic mass is 16.6. The van der Waals surface area contributed by atoms with Crippen molar-refractivity contribution in [3.8, 4) is 5.75 Å². The van der Waals surface area contributed by atoms with Crippen molar-refractivity contribution in [1.82, 2.24) is 20.6 Å². The van der Waals surface area contributed by atoms with E-state index in [0.29, 0.717) is 11.1 Å². The van der Waals surface area contributed by atoms with E-state index in [1.165, 1.54) is 32.2 Å². The average Bonchev–Trinajstić information content (AvgIpc) is 3.01. The zero-order chi connectivity index (χ0) is 31.1. The number of ether oxygens (including phenoxy) is 2. The van der Waals surface area contributed by atoms with Crippen molar-refractivity contribution in [2.75, 3.05) is 0 Å². The van der Waals surface area contributed by atoms with Crippen LogP contribution in [0.2, 0.25) is 0 Å². The van der Waals surface area contributed by atoms with E-state index in [2.05, 4.69) is 20.6 Å². The van der Waals surface area contributed by atoms with Crippen LogP contribution in [-0.2, 0) is 30.3 Å². The van der Waals surface area contributed by atoms with Crippen LogP contribution in [0, 0.1) is 5.92 Å². The second kappa shape index (κ2) is 13.9. The summed E-state index contributed by atoms with van der Waals surface area (Å²) in [7, 11) is 0. The molecule has 2 amide bonds. The molecule has 226 valence electrons. The van der Waals surface area contributed by atoms with Crippen LogP contribution in [0.25, 0.3) is 0 Å². The van der Waals surface area contributed by atoms with Crippen molar-refractivity contribution in [2.24, 2.45) is 5.92 Å². The standard InChI is InChI=1S/C31H34N4O8/c1-17(21-10-5-4-6-11-21)27-31(41)42-19(3)24(35-29(39)25-23(36)12-8-14-33-25)28(38)34-22(15-20-9-7-13-32-16-20)26(37)18(2)30(40)43-27/h4-14,16-19,22,24,26-27,36-37H,15H2,1-3H3,(H,34,38)(H,35,39)/t17?,18-,19-,22+,24+,26+,27-/m1/s1. The Morgan fingerprint density at radius 2 is 1.72 bits per heavy atom. The number of benzene rings is 1. The zero-order valence-electron chi connectivity index (χ0n) is 23.9. The molecule has 3 aromatic rings. The third kappa shape index (κ3) is 7.52. The number of amides is 2. The largest absolute Gasteiger partial charge is 0.505 e. The van der Waals surface area contributed by atoms with Crippen molar-refractivity contribution in [3.63, 3.8) is 0 Å². The van der Waals surface area contributed by atoms with E-state index in [1.54, 1.807) is 61.8 Å². The Morgan fingerprint density at radius 1 is 1.00 bits per heavy atom. The van der Waals surface area contributed by atoms with Gasteiger partial charge in [0.25, 0.3) is 5.91 Å². The van der Waals surface area contributed by atoms with Crippen molar-refractivity contribution >= 4 is 23.8 Å². The Kier molecular flexibility index (Phi) is 10.0. The molecule has 3 heterocycles. The molecular formula is C31H34N4O8. The normalized spacial score (nSPS) is 25.6. The van der Waals surface area contributed by atoms with Crippen molar-refractivity contribution in [2.45, 2.75) is 63.5 Å². The summed E-state index contributed by atoms with van der Waals surface area (Å²) in [6, 6.07) is 12.5. The molecule has 12 heteroatoms. The van der Waals surface area contributed by atoms with Gasteiger partial charge in [-0.1, -0.05) is 43.3 Å². The van der Waals surface area contributed by atoms with E-state index in [4.69, 9.17) is 9.47 Å². The molecule has 0 spiro atoms. The Balaban J connectivity index is 1.72. The monoisotopic (exact) mass is 590 g/mol. The topological polar surface area (TPSA) is 177 Å². The minimum absolute atomic E-state index is 0.0814. The van der Waals surface area contributed by atoms with Crippen molar-refractivity contribution < 1.29 is 38.9 Å². The lowest BCUT2D eigenvalue weighted by Crippen LogP contribution is -2.59. The fraction of sp³-hybridized carbons (Fsp3) is 0.355. The fourth-order valence-electron chi connectivity index (χ4n) is 4.80. The molecule has 0 aliphatic carbocycles. The zero-order valence-corrected chi connectivity index (χ0v) is 23.9. The number of cyclic esters (lactones) is 2. The number of aliphatic hydroxyl groups excluding tert-OH is 1. The molecule has 0 saturated carbocycles. The number of carbonyl (C=O) groups is 4. The maximum Gasteiger partial charge on any atom is 0.348 e. The van der Waals surface area contributed by atoms with Crippen molar-refractivity contribution in [3.05, 3.63) is 90.0 Å². The number of hydrogen-bond donors (Lipinski definition) is 4. The summed E-state index contributed by atoms with van der Waals surface area (Å²) in [6.45, 7) is 4.52. The Bertz CT molecular complexity index is 1440. The molecule has 1 aliphatic heterocycles. The number of nitrogens with zero attached hydrogens (tertiary/aromatic N) is 2. The molecule has 1 aliphatic rings. The molecule has 43 heavy (non-hydrogen) atoms. The van der Waals surface area contributed by atoms with Gasteiger partial charge in [0.1, 0.15) is 17.9 Å². The van der Waals surface area contributed by atoms with Gasteiger partial charge in [-0.2, -0.15) is 0 Å². The number of hydrogen-bond acceptors (Lipinski definition) is 10. The first-order valence-electron chi connectivity index (χ1n) is 13.8. The van der Waals surface area contributed by atoms with Crippen LogP contribution in [0.1, 0.15) is 48.3 Å². The van der Waals surface area contributed by atoms with E-state index in [1.807, 2.05) is 0 Å². The third-order valence-electron chi connectivity index (χ3n) is 7.40. The van der Waals surface area contributed by atoms with Gasteiger partial charge in [0.05, 0.1) is 18.1 Å². The Labute approximate surface area is 248 Å². The average molecular weight is 591 g/mol. The van der Waals surface area contributed by atoms with E-state index < -0.39 is 71.7 Å². The molecular weight excluding hydrogens is 556 g/mol. The second-order valence-corrected chi connectivity index (χ2v) is 10.5. The summed E-state index contributed by atoms with van der Waals surface area (Å²) in [4.78, 5) is 61.5. The first-order chi connectivity index (χ1) is 20.6. The number of rotatable bonds is 6. The number of aromatic hydroxyl groups is 1. The molecule has 1 aromatic carbocycles. The molecule has 1 fully saturated rings. The van der Waals surface area contributed by atoms with E-state index in [9.17, 15) is 29.4 Å². The molecule has 0 radical (unpaired) electrons. The summed E-state index contributed by atoms with van der Waals surface area (Å²) in [5.74, 6) is -5.74. The van der Waals surface area contributed by atoms with Gasteiger partial charge in [-0.3, -0.25) is 19.4 Å². The number of aromatic nitrogens is 2. The highest BCUT2D eigenvalue weighted by molar-refractivity contribution is 5.98. The molecule has 0 bridgehead atoms. The summed E-state index contributed by atoms with van der Waals surface area (Å²) in [5.41, 5.74) is 1.01. The van der Waals surface area contributed by atoms with Gasteiger partial charge in [0, 0.05) is 24.5 Å². The van der Waals surface area contributed by atoms with Gasteiger partial charge in [0.15, 0.2) is 5.69 Å². The van der Waals surface area contributed by atoms with Crippen molar-refractivity contribution in [1.29, 1.82) is 0 Å². The first-order valence-corrected chi connectivity index (χ1v) is 13.8. The molecule has 4 rings (SSSR count). The summed E-state index contributed by atoms with van der Waals surface area (Å²) in [5, 5.41) is 26.7. The second-order valence-electron chi connectivity index (χ2n) is 10.5. The number of carbonyl (C=O) groups excluding carboxylic acids is 4. The minimum atomic E-state index is -1.49. The van der Waals surface area contributed by atoms with Gasteiger partial charge in [-0.05, 0) is 49.6 Å². The molecule has 1 unspecified atom stereocenters. The predicted octanol–water partition coefficient (Wildman–Crippen LogP) is 1.67. The van der Waals surface area contributed by atoms with Crippen LogP contribution in [0.5, 0.6) is 5.75 Å². The third-order valence-corrected chi connectivity index (χ3v) is 7.40. The Morgan fingerprint density at radius 3 is 2.40 bits per heavy atom. The molecule has 1 saturated heterocycles. The lowest BCUT2D eigenvalue weighted by atomic mass is 9.91. The lowest BCUT2D eigenvalue weighted by molar-refractivity contribution is -0.178. The SMILES string of the molecule is CC(c1ccccc1)[C@H]1OC(=O)[C@H](C)[C@H](O)[C@H](Cc2cccnc2)NC(=O)[C@@H](NC(=O)c2ncccc2O)[C@@H](C)OC1=O. The first kappa shape index (κ1) is 31.1. The van der Waals surface area contributed by atoms with Gasteiger partial charge < -0.3 is 30.3 Å². The minimum Gasteiger partial charge on any atom is -0.505 e. The maximum absolute atomic E-state index is 13.7. The van der Waals surface area contributed by atoms with Crippen LogP contribution < -0.4 is 10.6 Å². The van der Waals surface area contributed by atoms with Gasteiger partial charge in [-0.15, -0.1) is 0 Å². The van der Waals surface area contributed by atoms with Crippen LogP contribution >= 0.6 is 0 Å². The molecule has 2 aromatic heterocycles. The van der Waals surface area contributed by atoms with E-state index in [0.717, 1.165) is 0 Å². The smallest absolute Gasteiger partial charge is 0.348 e. The highest BCUT2D eigenvalue weighted by Gasteiger charge is 2.41. The number of esters is 2. The fourth-order valence-corrected chi connectivity index (χ4v) is 4.80. The van der Waals surface area contributed by atoms with E-state index in [-0.39, 0.29) is 12.1 Å². The van der Waals surface area contributed by atoms with Gasteiger partial charge in [-0.25, -0.2) is 9.78 Å². The molecule has 4 N–H and O–H groups in total. The summed E-state index contributed by atoms with van der Waals surface area (Å²) < 4.78 is 11.3. The van der Waals surface area contributed by atoms with Crippen LogP contribution in [0.15, 0.2) is 73.2 Å². The van der Waals surface area contributed by atoms with Crippen LogP contribution in [0.4, 0.5) is 0 Å². The number of pyridine rings is 2. The maximum atomic E-state index is 13.7. The Hall–Kier alpha value is -4.84. The quantitative estimate of drug-likeness (QED) is 0.309. The van der Waals surface area contributed by atoms with Crippen LogP contribution in [0.3, 0.4) is 0 Å². The predicted molar refractivity (Wildman–Crippen MR) is 152 cm³/mol. The summed E-state index contributed by atoms with van der Waals surface area (Å²) >= 11 is 0. The lowest BCUT2D eigenvalue weighted by Gasteiger charge is -2.34. The van der Waals surface area contributed by atoms with Gasteiger partial charge >= 0.3 is 11.9 Å². The number of nitrogens with one attached hydrogen (secondary N) is 2. The van der Waals surface area contributed by atoms with Crippen LogP contribution in [-0.4, -0.2) is 74.3 Å². The van der Waals surface area contributed by atoms with E-state index >= 15 is 0 Å².